The molecule has 1 aromatic heterocycles. The van der Waals surface area contributed by atoms with Crippen LogP contribution in [0.1, 0.15) is 18.4 Å². The monoisotopic (exact) mass is 300 g/mol. The van der Waals surface area contributed by atoms with Gasteiger partial charge in [-0.15, -0.1) is 16.9 Å². The van der Waals surface area contributed by atoms with Crippen LogP contribution < -0.4 is 4.90 Å². The van der Waals surface area contributed by atoms with Crippen molar-refractivity contribution in [3.8, 4) is 17.5 Å². The molecule has 2 rings (SSSR count). The number of nitriles is 1. The first-order chi connectivity index (χ1) is 9.49. The van der Waals surface area contributed by atoms with Crippen LogP contribution in [0.2, 0.25) is 19.6 Å². The van der Waals surface area contributed by atoms with Crippen LogP contribution in [-0.2, 0) is 0 Å². The molecule has 0 saturated carbocycles. The Morgan fingerprint density at radius 1 is 1.30 bits per heavy atom. The number of rotatable bonds is 1. The molecule has 0 bridgehead atoms. The summed E-state index contributed by atoms with van der Waals surface area (Å²) in [5.74, 6) is 3.25. The molecule has 1 aliphatic heterocycles. The summed E-state index contributed by atoms with van der Waals surface area (Å²) in [7, 11) is -1.26. The maximum atomic E-state index is 9.09. The van der Waals surface area contributed by atoms with E-state index in [-0.39, 0.29) is 0 Å². The van der Waals surface area contributed by atoms with Gasteiger partial charge in [0.2, 0.25) is 0 Å². The van der Waals surface area contributed by atoms with Crippen LogP contribution in [-0.4, -0.2) is 21.2 Å². The largest absolute Gasteiger partial charge is 0.362 e. The first kappa shape index (κ1) is 14.9. The van der Waals surface area contributed by atoms with E-state index in [0.717, 1.165) is 36.5 Å². The second-order valence-corrected chi connectivity index (χ2v) is 11.7. The number of nitrogens with zero attached hydrogens (tertiary/aromatic N) is 2. The van der Waals surface area contributed by atoms with Crippen molar-refractivity contribution in [1.82, 2.24) is 0 Å². The topological polar surface area (TPSA) is 27.0 Å². The van der Waals surface area contributed by atoms with E-state index in [1.807, 2.05) is 11.4 Å². The summed E-state index contributed by atoms with van der Waals surface area (Å²) in [6, 6.07) is 4.18. The van der Waals surface area contributed by atoms with Crippen LogP contribution >= 0.6 is 11.3 Å². The van der Waals surface area contributed by atoms with Gasteiger partial charge in [0, 0.05) is 13.1 Å². The van der Waals surface area contributed by atoms with Gasteiger partial charge in [-0.3, -0.25) is 0 Å². The van der Waals surface area contributed by atoms with Crippen LogP contribution in [0, 0.1) is 22.8 Å². The lowest BCUT2D eigenvalue weighted by atomic mass is 10.0. The minimum atomic E-state index is -1.26. The van der Waals surface area contributed by atoms with Crippen molar-refractivity contribution in [3.63, 3.8) is 0 Å². The number of allylic oxidation sites excluding steroid dienone is 1. The van der Waals surface area contributed by atoms with Gasteiger partial charge >= 0.3 is 0 Å². The minimum absolute atomic E-state index is 0.806. The maximum Gasteiger partial charge on any atom is 0.129 e. The molecule has 0 aromatic carbocycles. The Labute approximate surface area is 126 Å². The Kier molecular flexibility index (Phi) is 4.70. The normalized spacial score (nSPS) is 15.3. The zero-order valence-corrected chi connectivity index (χ0v) is 14.2. The molecule has 1 saturated heterocycles. The van der Waals surface area contributed by atoms with Crippen molar-refractivity contribution in [1.29, 1.82) is 5.26 Å². The summed E-state index contributed by atoms with van der Waals surface area (Å²) < 4.78 is 0. The van der Waals surface area contributed by atoms with E-state index in [1.165, 1.54) is 5.57 Å². The number of piperidine rings is 1. The second kappa shape index (κ2) is 6.30. The number of hydrogen-bond donors (Lipinski definition) is 0. The Hall–Kier alpha value is -1.49. The molecule has 1 fully saturated rings. The molecule has 0 N–H and O–H groups in total. The minimum Gasteiger partial charge on any atom is -0.362 e. The third-order valence-corrected chi connectivity index (χ3v) is 5.05. The highest BCUT2D eigenvalue weighted by atomic mass is 32.1. The molecule has 0 spiro atoms. The summed E-state index contributed by atoms with van der Waals surface area (Å²) in [6.45, 7) is 8.79. The van der Waals surface area contributed by atoms with Crippen LogP contribution in [0.5, 0.6) is 0 Å². The lowest BCUT2D eigenvalue weighted by Gasteiger charge is -2.29. The summed E-state index contributed by atoms with van der Waals surface area (Å²) in [6.07, 6.45) is 4.24. The average Bonchev–Trinajstić information content (AvgIpc) is 2.86. The molecule has 20 heavy (non-hydrogen) atoms. The summed E-state index contributed by atoms with van der Waals surface area (Å²) in [4.78, 5) is 2.33. The third kappa shape index (κ3) is 4.00. The van der Waals surface area contributed by atoms with Crippen molar-refractivity contribution in [2.75, 3.05) is 18.0 Å². The van der Waals surface area contributed by atoms with Crippen molar-refractivity contribution in [3.05, 3.63) is 28.7 Å². The van der Waals surface area contributed by atoms with E-state index in [1.54, 1.807) is 11.3 Å². The summed E-state index contributed by atoms with van der Waals surface area (Å²) in [5.41, 5.74) is 5.64. The molecule has 0 amide bonds. The molecule has 2 heterocycles. The van der Waals surface area contributed by atoms with Crippen molar-refractivity contribution >= 4 is 24.4 Å². The molecule has 0 unspecified atom stereocenters. The summed E-state index contributed by atoms with van der Waals surface area (Å²) >= 11 is 1.66. The molecule has 4 heteroatoms. The Bertz CT molecular complexity index is 595. The zero-order valence-electron chi connectivity index (χ0n) is 12.4. The van der Waals surface area contributed by atoms with E-state index in [0.29, 0.717) is 0 Å². The number of thiophene rings is 1. The van der Waals surface area contributed by atoms with Gasteiger partial charge in [0.25, 0.3) is 0 Å². The highest BCUT2D eigenvalue weighted by molar-refractivity contribution is 7.14. The number of anilines is 1. The first-order valence-corrected chi connectivity index (χ1v) is 11.3. The van der Waals surface area contributed by atoms with Crippen LogP contribution in [0.25, 0.3) is 0 Å². The molecule has 2 nitrogen and oxygen atoms in total. The smallest absolute Gasteiger partial charge is 0.129 e. The predicted octanol–water partition coefficient (Wildman–Crippen LogP) is 4.03. The lowest BCUT2D eigenvalue weighted by molar-refractivity contribution is 0.689. The molecule has 0 atom stereocenters. The van der Waals surface area contributed by atoms with E-state index in [9.17, 15) is 0 Å². The highest BCUT2D eigenvalue weighted by Gasteiger charge is 2.17. The highest BCUT2D eigenvalue weighted by Crippen LogP contribution is 2.30. The Morgan fingerprint density at radius 2 is 2.00 bits per heavy atom. The molecule has 104 valence electrons. The van der Waals surface area contributed by atoms with E-state index < -0.39 is 8.07 Å². The maximum absolute atomic E-state index is 9.09. The predicted molar refractivity (Wildman–Crippen MR) is 89.7 cm³/mol. The van der Waals surface area contributed by atoms with Gasteiger partial charge in [0.1, 0.15) is 19.1 Å². The van der Waals surface area contributed by atoms with Crippen molar-refractivity contribution < 1.29 is 0 Å². The Balaban J connectivity index is 1.98. The fraction of sp³-hybridized carbons (Fsp3) is 0.438. The van der Waals surface area contributed by atoms with Gasteiger partial charge in [-0.05, 0) is 30.4 Å². The molecule has 0 aliphatic carbocycles. The fourth-order valence-electron chi connectivity index (χ4n) is 2.13. The van der Waals surface area contributed by atoms with E-state index in [4.69, 9.17) is 5.26 Å². The van der Waals surface area contributed by atoms with Gasteiger partial charge in [-0.1, -0.05) is 31.1 Å². The van der Waals surface area contributed by atoms with Gasteiger partial charge in [0.15, 0.2) is 0 Å². The lowest BCUT2D eigenvalue weighted by Crippen LogP contribution is -2.30. The molecule has 1 aromatic rings. The second-order valence-electron chi connectivity index (χ2n) is 6.06. The van der Waals surface area contributed by atoms with E-state index >= 15 is 0 Å². The molecule has 0 radical (unpaired) electrons. The average molecular weight is 301 g/mol. The van der Waals surface area contributed by atoms with Crippen LogP contribution in [0.4, 0.5) is 5.00 Å². The fourth-order valence-corrected chi connectivity index (χ4v) is 3.54. The quantitative estimate of drug-likeness (QED) is 0.578. The van der Waals surface area contributed by atoms with E-state index in [2.05, 4.69) is 48.2 Å². The van der Waals surface area contributed by atoms with Gasteiger partial charge in [0.05, 0.1) is 5.56 Å². The van der Waals surface area contributed by atoms with Gasteiger partial charge in [-0.2, -0.15) is 5.26 Å². The molecular weight excluding hydrogens is 280 g/mol. The molecular formula is C16H20N2SSi. The van der Waals surface area contributed by atoms with Crippen molar-refractivity contribution in [2.24, 2.45) is 0 Å². The SMILES string of the molecule is C[Si](C)(C)C#CC=C1CCN(c2sccc2C#N)CC1. The summed E-state index contributed by atoms with van der Waals surface area (Å²) in [5, 5.41) is 12.2. The van der Waals surface area contributed by atoms with Crippen LogP contribution in [0.15, 0.2) is 23.1 Å². The van der Waals surface area contributed by atoms with Gasteiger partial charge in [-0.25, -0.2) is 0 Å². The van der Waals surface area contributed by atoms with Crippen molar-refractivity contribution in [2.45, 2.75) is 32.5 Å². The third-order valence-electron chi connectivity index (χ3n) is 3.18. The zero-order chi connectivity index (χ0) is 14.6. The Morgan fingerprint density at radius 3 is 2.60 bits per heavy atom. The van der Waals surface area contributed by atoms with Crippen LogP contribution in [0.3, 0.4) is 0 Å². The van der Waals surface area contributed by atoms with Gasteiger partial charge < -0.3 is 4.90 Å². The molecule has 1 aliphatic rings. The standard InChI is InChI=1S/C16H20N2SSi/c1-20(2,3)12-4-5-14-6-9-18(10-7-14)16-15(13-17)8-11-19-16/h5,8,11H,6-7,9-10H2,1-3H3. The number of hydrogen-bond acceptors (Lipinski definition) is 3. The first-order valence-electron chi connectivity index (χ1n) is 6.93.